The van der Waals surface area contributed by atoms with Crippen LogP contribution in [0.4, 0.5) is 5.82 Å². The fourth-order valence-electron chi connectivity index (χ4n) is 2.67. The first-order valence-corrected chi connectivity index (χ1v) is 10.6. The van der Waals surface area contributed by atoms with Crippen LogP contribution in [0.2, 0.25) is 0 Å². The van der Waals surface area contributed by atoms with Gasteiger partial charge < -0.3 is 5.32 Å². The minimum atomic E-state index is 0.884. The summed E-state index contributed by atoms with van der Waals surface area (Å²) in [6.45, 7) is 17.2. The Labute approximate surface area is 172 Å². The number of nitrogens with one attached hydrogen (secondary N) is 1. The van der Waals surface area contributed by atoms with Crippen molar-refractivity contribution in [3.05, 3.63) is 69.9 Å². The van der Waals surface area contributed by atoms with Gasteiger partial charge in [0.15, 0.2) is 0 Å². The molecule has 0 aliphatic heterocycles. The standard InChI is InChI=1S/C21H26N2.C5H12/c1-5-10-20-17(6-2)13-14-22-21(20)23-19(7-3)15-18-12-9-8-11-16(18)4;1-4-5(2)3/h7-9,11-15H,4-6,10H2,1-3H3,(H,22,23);5H,4H2,1-3H3/b18-15-,19-7+;. The van der Waals surface area contributed by atoms with E-state index in [9.17, 15) is 0 Å². The Morgan fingerprint density at radius 3 is 2.36 bits per heavy atom. The van der Waals surface area contributed by atoms with Crippen LogP contribution >= 0.6 is 0 Å². The summed E-state index contributed by atoms with van der Waals surface area (Å²) in [5.74, 6) is 1.85. The number of aryl methyl sites for hydroxylation is 1. The summed E-state index contributed by atoms with van der Waals surface area (Å²) in [6, 6.07) is 10.3. The van der Waals surface area contributed by atoms with Crippen LogP contribution in [-0.4, -0.2) is 4.98 Å². The van der Waals surface area contributed by atoms with Crippen LogP contribution in [0.25, 0.3) is 12.7 Å². The first-order chi connectivity index (χ1) is 13.5. The Morgan fingerprint density at radius 1 is 1.14 bits per heavy atom. The maximum absolute atomic E-state index is 4.57. The van der Waals surface area contributed by atoms with E-state index in [2.05, 4.69) is 75.8 Å². The van der Waals surface area contributed by atoms with Crippen molar-refractivity contribution in [1.82, 2.24) is 4.98 Å². The van der Waals surface area contributed by atoms with Crippen LogP contribution in [0.3, 0.4) is 0 Å². The molecule has 0 radical (unpaired) electrons. The highest BCUT2D eigenvalue weighted by Gasteiger charge is 2.08. The zero-order chi connectivity index (χ0) is 20.9. The zero-order valence-electron chi connectivity index (χ0n) is 18.7. The second kappa shape index (κ2) is 12.9. The minimum Gasteiger partial charge on any atom is -0.340 e. The van der Waals surface area contributed by atoms with Gasteiger partial charge >= 0.3 is 0 Å². The molecular weight excluding hydrogens is 340 g/mol. The van der Waals surface area contributed by atoms with Crippen LogP contribution in [0.15, 0.2) is 48.3 Å². The van der Waals surface area contributed by atoms with Crippen molar-refractivity contribution in [2.75, 3.05) is 5.32 Å². The Kier molecular flexibility index (Phi) is 10.9. The largest absolute Gasteiger partial charge is 0.340 e. The molecule has 2 aromatic rings. The van der Waals surface area contributed by atoms with Crippen LogP contribution in [0, 0.1) is 5.92 Å². The van der Waals surface area contributed by atoms with Crippen molar-refractivity contribution in [2.24, 2.45) is 5.92 Å². The lowest BCUT2D eigenvalue weighted by molar-refractivity contribution is 0.626. The number of hydrogen-bond donors (Lipinski definition) is 1. The average molecular weight is 379 g/mol. The predicted molar refractivity (Wildman–Crippen MR) is 126 cm³/mol. The van der Waals surface area contributed by atoms with Gasteiger partial charge in [-0.3, -0.25) is 0 Å². The van der Waals surface area contributed by atoms with Gasteiger partial charge in [0, 0.05) is 11.9 Å². The van der Waals surface area contributed by atoms with Gasteiger partial charge in [-0.1, -0.05) is 84.4 Å². The number of nitrogens with zero attached hydrogens (tertiary/aromatic N) is 1. The summed E-state index contributed by atoms with van der Waals surface area (Å²) in [7, 11) is 0. The zero-order valence-corrected chi connectivity index (χ0v) is 18.7. The molecule has 1 aromatic carbocycles. The van der Waals surface area contributed by atoms with Crippen molar-refractivity contribution in [3.63, 3.8) is 0 Å². The second-order valence-corrected chi connectivity index (χ2v) is 7.42. The lowest BCUT2D eigenvalue weighted by Crippen LogP contribution is -2.22. The summed E-state index contributed by atoms with van der Waals surface area (Å²) < 4.78 is 0. The third-order valence-corrected chi connectivity index (χ3v) is 4.79. The molecule has 2 heteroatoms. The molecule has 0 aliphatic rings. The quantitative estimate of drug-likeness (QED) is 0.653. The van der Waals surface area contributed by atoms with Crippen LogP contribution < -0.4 is 15.8 Å². The average Bonchev–Trinajstić information content (AvgIpc) is 2.70. The van der Waals surface area contributed by atoms with Crippen molar-refractivity contribution in [1.29, 1.82) is 0 Å². The Hall–Kier alpha value is -2.35. The van der Waals surface area contributed by atoms with E-state index >= 15 is 0 Å². The number of anilines is 1. The second-order valence-electron chi connectivity index (χ2n) is 7.42. The first-order valence-electron chi connectivity index (χ1n) is 10.6. The Bertz CT molecular complexity index is 847. The summed E-state index contributed by atoms with van der Waals surface area (Å²) in [6.07, 6.45) is 10.6. The van der Waals surface area contributed by atoms with Crippen molar-refractivity contribution < 1.29 is 0 Å². The summed E-state index contributed by atoms with van der Waals surface area (Å²) in [4.78, 5) is 4.57. The molecule has 0 saturated carbocycles. The monoisotopic (exact) mass is 378 g/mol. The lowest BCUT2D eigenvalue weighted by atomic mass is 10.0. The molecule has 1 aromatic heterocycles. The molecule has 0 unspecified atom stereocenters. The van der Waals surface area contributed by atoms with E-state index < -0.39 is 0 Å². The molecule has 152 valence electrons. The van der Waals surface area contributed by atoms with Gasteiger partial charge in [-0.15, -0.1) is 0 Å². The van der Waals surface area contributed by atoms with Gasteiger partial charge in [0.2, 0.25) is 0 Å². The van der Waals surface area contributed by atoms with Gasteiger partial charge in [-0.2, -0.15) is 0 Å². The molecule has 0 amide bonds. The number of pyridine rings is 1. The minimum absolute atomic E-state index is 0.884. The van der Waals surface area contributed by atoms with Gasteiger partial charge in [0.05, 0.1) is 0 Å². The predicted octanol–water partition coefficient (Wildman–Crippen LogP) is 5.86. The molecule has 0 atom stereocenters. The van der Waals surface area contributed by atoms with E-state index in [1.807, 2.05) is 31.3 Å². The van der Waals surface area contributed by atoms with Gasteiger partial charge in [0.1, 0.15) is 5.82 Å². The third kappa shape index (κ3) is 7.72. The van der Waals surface area contributed by atoms with Crippen LogP contribution in [0.5, 0.6) is 0 Å². The molecule has 0 fully saturated rings. The number of hydrogen-bond acceptors (Lipinski definition) is 2. The number of benzene rings is 1. The topological polar surface area (TPSA) is 24.9 Å². The number of rotatable bonds is 7. The molecule has 28 heavy (non-hydrogen) atoms. The van der Waals surface area contributed by atoms with E-state index in [4.69, 9.17) is 0 Å². The highest BCUT2D eigenvalue weighted by Crippen LogP contribution is 2.21. The Morgan fingerprint density at radius 2 is 1.82 bits per heavy atom. The van der Waals surface area contributed by atoms with E-state index in [-0.39, 0.29) is 0 Å². The van der Waals surface area contributed by atoms with Crippen molar-refractivity contribution in [3.8, 4) is 0 Å². The highest BCUT2D eigenvalue weighted by atomic mass is 15.0. The normalized spacial score (nSPS) is 12.0. The van der Waals surface area contributed by atoms with E-state index in [0.717, 1.165) is 47.1 Å². The molecule has 0 spiro atoms. The maximum atomic E-state index is 4.57. The van der Waals surface area contributed by atoms with Gasteiger partial charge in [-0.05, 0) is 59.4 Å². The van der Waals surface area contributed by atoms with E-state index in [1.165, 1.54) is 17.5 Å². The molecule has 0 aliphatic carbocycles. The smallest absolute Gasteiger partial charge is 0.133 e. The van der Waals surface area contributed by atoms with Crippen molar-refractivity contribution in [2.45, 2.75) is 67.2 Å². The molecule has 2 rings (SSSR count). The molecule has 1 N–H and O–H groups in total. The third-order valence-electron chi connectivity index (χ3n) is 4.79. The van der Waals surface area contributed by atoms with Gasteiger partial charge in [0.25, 0.3) is 0 Å². The lowest BCUT2D eigenvalue weighted by Gasteiger charge is -2.14. The fourth-order valence-corrected chi connectivity index (χ4v) is 2.67. The SMILES string of the molecule is C=c1cccc/c1=C/C(=C\C)Nc1nccc(CC)c1CCC.CCC(C)C. The summed E-state index contributed by atoms with van der Waals surface area (Å²) in [5, 5.41) is 5.65. The fraction of sp³-hybridized carbons (Fsp3) is 0.423. The van der Waals surface area contributed by atoms with Crippen LogP contribution in [0.1, 0.15) is 65.5 Å². The molecule has 0 bridgehead atoms. The van der Waals surface area contributed by atoms with Gasteiger partial charge in [-0.25, -0.2) is 4.98 Å². The number of allylic oxidation sites excluding steroid dienone is 2. The van der Waals surface area contributed by atoms with E-state index in [0.29, 0.717) is 0 Å². The highest BCUT2D eigenvalue weighted by molar-refractivity contribution is 5.61. The van der Waals surface area contributed by atoms with Crippen molar-refractivity contribution >= 4 is 18.5 Å². The molecule has 0 saturated heterocycles. The maximum Gasteiger partial charge on any atom is 0.133 e. The summed E-state index contributed by atoms with van der Waals surface area (Å²) in [5.41, 5.74) is 3.74. The molecular formula is C26H38N2. The number of aromatic nitrogens is 1. The summed E-state index contributed by atoms with van der Waals surface area (Å²) >= 11 is 0. The first kappa shape index (κ1) is 23.7. The Balaban J connectivity index is 0.000000696. The molecule has 2 nitrogen and oxygen atoms in total. The van der Waals surface area contributed by atoms with Crippen LogP contribution in [-0.2, 0) is 12.8 Å². The van der Waals surface area contributed by atoms with E-state index in [1.54, 1.807) is 0 Å². The molecule has 1 heterocycles.